The Morgan fingerprint density at radius 2 is 2.20 bits per heavy atom. The highest BCUT2D eigenvalue weighted by atomic mass is 16.6. The first-order chi connectivity index (χ1) is 12.2. The molecule has 0 unspecified atom stereocenters. The van der Waals surface area contributed by atoms with Gasteiger partial charge in [-0.25, -0.2) is 4.79 Å². The monoisotopic (exact) mass is 345 g/mol. The Kier molecular flexibility index (Phi) is 5.24. The number of nitrogens with two attached hydrogens (primary N) is 1. The van der Waals surface area contributed by atoms with Gasteiger partial charge in [-0.3, -0.25) is 0 Å². The molecule has 1 atom stereocenters. The fourth-order valence-corrected chi connectivity index (χ4v) is 2.42. The second kappa shape index (κ2) is 7.75. The molecule has 0 spiro atoms. The van der Waals surface area contributed by atoms with E-state index < -0.39 is 12.1 Å². The zero-order valence-electron chi connectivity index (χ0n) is 13.8. The van der Waals surface area contributed by atoms with E-state index in [2.05, 4.69) is 20.3 Å². The number of hydrogen-bond acceptors (Lipinski definition) is 9. The Morgan fingerprint density at radius 3 is 2.96 bits per heavy atom. The average molecular weight is 345 g/mol. The number of ether oxygens (including phenoxy) is 3. The minimum Gasteiger partial charge on any atom is -0.495 e. The molecule has 9 nitrogen and oxygen atoms in total. The van der Waals surface area contributed by atoms with E-state index in [9.17, 15) is 4.79 Å². The van der Waals surface area contributed by atoms with Crippen LogP contribution in [0.5, 0.6) is 5.75 Å². The molecular weight excluding hydrogens is 326 g/mol. The standard InChI is InChI=1S/C16H19N5O4/c1-23-11-6-3-2-5-10(11)18-16-20-13(19-15(17)21-16)9-25-14(22)12-7-4-8-24-12/h2-3,5-6,12H,4,7-9H2,1H3,(H3,17,18,19,20,21)/t12-/m1/s1. The highest BCUT2D eigenvalue weighted by Crippen LogP contribution is 2.25. The van der Waals surface area contributed by atoms with Gasteiger partial charge < -0.3 is 25.3 Å². The first-order valence-corrected chi connectivity index (χ1v) is 7.84. The van der Waals surface area contributed by atoms with Crippen molar-refractivity contribution in [1.82, 2.24) is 15.0 Å². The van der Waals surface area contributed by atoms with Gasteiger partial charge in [0.05, 0.1) is 12.8 Å². The maximum atomic E-state index is 11.9. The molecule has 0 bridgehead atoms. The van der Waals surface area contributed by atoms with Crippen molar-refractivity contribution in [2.45, 2.75) is 25.6 Å². The number of carbonyl (C=O) groups excluding carboxylic acids is 1. The van der Waals surface area contributed by atoms with E-state index in [0.29, 0.717) is 24.5 Å². The molecule has 1 aliphatic heterocycles. The number of rotatable bonds is 6. The van der Waals surface area contributed by atoms with Crippen molar-refractivity contribution in [3.63, 3.8) is 0 Å². The fourth-order valence-electron chi connectivity index (χ4n) is 2.42. The van der Waals surface area contributed by atoms with Gasteiger partial charge >= 0.3 is 5.97 Å². The molecule has 0 saturated carbocycles. The third kappa shape index (κ3) is 4.32. The van der Waals surface area contributed by atoms with Crippen molar-refractivity contribution < 1.29 is 19.0 Å². The van der Waals surface area contributed by atoms with Gasteiger partial charge in [-0.15, -0.1) is 0 Å². The lowest BCUT2D eigenvalue weighted by molar-refractivity contribution is -0.155. The third-order valence-corrected chi connectivity index (χ3v) is 3.59. The van der Waals surface area contributed by atoms with Crippen molar-refractivity contribution in [3.05, 3.63) is 30.1 Å². The van der Waals surface area contributed by atoms with Gasteiger partial charge in [-0.1, -0.05) is 12.1 Å². The molecule has 3 rings (SSSR count). The molecule has 0 amide bonds. The third-order valence-electron chi connectivity index (χ3n) is 3.59. The summed E-state index contributed by atoms with van der Waals surface area (Å²) in [6.07, 6.45) is 1.01. The largest absolute Gasteiger partial charge is 0.495 e. The Labute approximate surface area is 144 Å². The van der Waals surface area contributed by atoms with Crippen LogP contribution in [0.1, 0.15) is 18.7 Å². The maximum absolute atomic E-state index is 11.9. The number of nitrogen functional groups attached to an aromatic ring is 1. The molecule has 1 fully saturated rings. The summed E-state index contributed by atoms with van der Waals surface area (Å²) in [7, 11) is 1.57. The highest BCUT2D eigenvalue weighted by Gasteiger charge is 2.25. The van der Waals surface area contributed by atoms with Crippen LogP contribution >= 0.6 is 0 Å². The molecule has 25 heavy (non-hydrogen) atoms. The summed E-state index contributed by atoms with van der Waals surface area (Å²) in [5.41, 5.74) is 6.39. The molecular formula is C16H19N5O4. The second-order valence-corrected chi connectivity index (χ2v) is 5.37. The van der Waals surface area contributed by atoms with E-state index in [1.165, 1.54) is 0 Å². The van der Waals surface area contributed by atoms with Crippen LogP contribution in [0, 0.1) is 0 Å². The summed E-state index contributed by atoms with van der Waals surface area (Å²) in [5.74, 6) is 0.718. The fraction of sp³-hybridized carbons (Fsp3) is 0.375. The summed E-state index contributed by atoms with van der Waals surface area (Å²) in [6, 6.07) is 7.31. The quantitative estimate of drug-likeness (QED) is 0.749. The predicted molar refractivity (Wildman–Crippen MR) is 89.3 cm³/mol. The van der Waals surface area contributed by atoms with E-state index in [1.807, 2.05) is 18.2 Å². The van der Waals surface area contributed by atoms with Gasteiger partial charge in [0.1, 0.15) is 5.75 Å². The Hall–Kier alpha value is -2.94. The van der Waals surface area contributed by atoms with Gasteiger partial charge in [-0.05, 0) is 25.0 Å². The number of nitrogens with zero attached hydrogens (tertiary/aromatic N) is 3. The van der Waals surface area contributed by atoms with Crippen LogP contribution in [0.15, 0.2) is 24.3 Å². The summed E-state index contributed by atoms with van der Waals surface area (Å²) in [6.45, 7) is 0.470. The lowest BCUT2D eigenvalue weighted by Gasteiger charge is -2.11. The number of aromatic nitrogens is 3. The Morgan fingerprint density at radius 1 is 1.36 bits per heavy atom. The smallest absolute Gasteiger partial charge is 0.335 e. The minimum absolute atomic E-state index is 0.0237. The SMILES string of the molecule is COc1ccccc1Nc1nc(N)nc(COC(=O)[C@H]2CCCO2)n1. The summed E-state index contributed by atoms with van der Waals surface area (Å²) < 4.78 is 15.7. The molecule has 1 aliphatic rings. The van der Waals surface area contributed by atoms with Crippen molar-refractivity contribution in [2.75, 3.05) is 24.8 Å². The molecule has 1 aromatic heterocycles. The Balaban J connectivity index is 1.68. The van der Waals surface area contributed by atoms with Crippen LogP contribution in [0.4, 0.5) is 17.6 Å². The van der Waals surface area contributed by atoms with Crippen LogP contribution < -0.4 is 15.8 Å². The van der Waals surface area contributed by atoms with Crippen molar-refractivity contribution in [1.29, 1.82) is 0 Å². The molecule has 1 saturated heterocycles. The van der Waals surface area contributed by atoms with Crippen molar-refractivity contribution >= 4 is 23.6 Å². The van der Waals surface area contributed by atoms with E-state index >= 15 is 0 Å². The zero-order valence-corrected chi connectivity index (χ0v) is 13.8. The lowest BCUT2D eigenvalue weighted by Crippen LogP contribution is -2.22. The van der Waals surface area contributed by atoms with Gasteiger partial charge in [0, 0.05) is 6.61 Å². The van der Waals surface area contributed by atoms with Gasteiger partial charge in [0.2, 0.25) is 11.9 Å². The van der Waals surface area contributed by atoms with Crippen molar-refractivity contribution in [3.8, 4) is 5.75 Å². The number of nitrogens with one attached hydrogen (secondary N) is 1. The molecule has 3 N–H and O–H groups in total. The van der Waals surface area contributed by atoms with Gasteiger partial charge in [-0.2, -0.15) is 15.0 Å². The number of hydrogen-bond donors (Lipinski definition) is 2. The molecule has 9 heteroatoms. The summed E-state index contributed by atoms with van der Waals surface area (Å²) in [5, 5.41) is 3.02. The number of benzene rings is 1. The first kappa shape index (κ1) is 16.9. The molecule has 0 radical (unpaired) electrons. The molecule has 0 aliphatic carbocycles. The molecule has 132 valence electrons. The molecule has 1 aromatic carbocycles. The maximum Gasteiger partial charge on any atom is 0.335 e. The highest BCUT2D eigenvalue weighted by molar-refractivity contribution is 5.74. The normalized spacial score (nSPS) is 16.4. The van der Waals surface area contributed by atoms with Crippen molar-refractivity contribution in [2.24, 2.45) is 0 Å². The van der Waals surface area contributed by atoms with Crippen LogP contribution in [0.2, 0.25) is 0 Å². The van der Waals surface area contributed by atoms with E-state index in [-0.39, 0.29) is 24.3 Å². The minimum atomic E-state index is -0.509. The summed E-state index contributed by atoms with van der Waals surface area (Å²) >= 11 is 0. The van der Waals surface area contributed by atoms with Crippen LogP contribution in [0.3, 0.4) is 0 Å². The van der Waals surface area contributed by atoms with Crippen LogP contribution in [0.25, 0.3) is 0 Å². The number of anilines is 3. The van der Waals surface area contributed by atoms with E-state index in [1.54, 1.807) is 13.2 Å². The Bertz CT molecular complexity index is 749. The number of methoxy groups -OCH3 is 1. The summed E-state index contributed by atoms with van der Waals surface area (Å²) in [4.78, 5) is 24.1. The first-order valence-electron chi connectivity index (χ1n) is 7.84. The number of esters is 1. The van der Waals surface area contributed by atoms with Crippen LogP contribution in [-0.4, -0.2) is 40.7 Å². The van der Waals surface area contributed by atoms with Gasteiger partial charge in [0.15, 0.2) is 18.5 Å². The lowest BCUT2D eigenvalue weighted by atomic mass is 10.2. The van der Waals surface area contributed by atoms with E-state index in [4.69, 9.17) is 19.9 Å². The molecule has 2 aromatic rings. The number of para-hydroxylation sites is 2. The van der Waals surface area contributed by atoms with Gasteiger partial charge in [0.25, 0.3) is 0 Å². The van der Waals surface area contributed by atoms with E-state index in [0.717, 1.165) is 6.42 Å². The van der Waals surface area contributed by atoms with Crippen LogP contribution in [-0.2, 0) is 20.9 Å². The predicted octanol–water partition coefficient (Wildman–Crippen LogP) is 1.43. The average Bonchev–Trinajstić information content (AvgIpc) is 3.14. The topological polar surface area (TPSA) is 121 Å². The number of carbonyl (C=O) groups is 1. The zero-order chi connectivity index (χ0) is 17.6. The second-order valence-electron chi connectivity index (χ2n) is 5.37. The molecule has 2 heterocycles.